The Morgan fingerprint density at radius 1 is 1.35 bits per heavy atom. The van der Waals surface area contributed by atoms with Gasteiger partial charge >= 0.3 is 0 Å². The fraction of sp³-hybridized carbons (Fsp3) is 0.429. The van der Waals surface area contributed by atoms with Crippen LogP contribution in [0, 0.1) is 0 Å². The third-order valence-electron chi connectivity index (χ3n) is 3.43. The molecule has 20 heavy (non-hydrogen) atoms. The van der Waals surface area contributed by atoms with E-state index in [4.69, 9.17) is 26.6 Å². The van der Waals surface area contributed by atoms with Crippen molar-refractivity contribution in [2.45, 2.75) is 38.3 Å². The highest BCUT2D eigenvalue weighted by Crippen LogP contribution is 2.32. The van der Waals surface area contributed by atoms with Crippen molar-refractivity contribution in [2.75, 3.05) is 0 Å². The Hall–Kier alpha value is -1.59. The SMILES string of the molecule is NCc1nc(-c2ccc(OC3CCCC3)c(Cl)c2)no1. The molecule has 3 rings (SSSR count). The fourth-order valence-corrected chi connectivity index (χ4v) is 2.60. The second-order valence-corrected chi connectivity index (χ2v) is 5.29. The summed E-state index contributed by atoms with van der Waals surface area (Å²) < 4.78 is 10.9. The highest BCUT2D eigenvalue weighted by atomic mass is 35.5. The smallest absolute Gasteiger partial charge is 0.240 e. The lowest BCUT2D eigenvalue weighted by Crippen LogP contribution is -2.11. The molecule has 0 atom stereocenters. The summed E-state index contributed by atoms with van der Waals surface area (Å²) in [4.78, 5) is 4.17. The van der Waals surface area contributed by atoms with Crippen LogP contribution in [0.3, 0.4) is 0 Å². The van der Waals surface area contributed by atoms with Crippen molar-refractivity contribution in [1.82, 2.24) is 10.1 Å². The lowest BCUT2D eigenvalue weighted by atomic mass is 10.2. The molecular formula is C14H16ClN3O2. The van der Waals surface area contributed by atoms with Crippen LogP contribution in [0.2, 0.25) is 5.02 Å². The molecule has 1 heterocycles. The minimum absolute atomic E-state index is 0.226. The van der Waals surface area contributed by atoms with Crippen molar-refractivity contribution in [2.24, 2.45) is 5.73 Å². The molecule has 0 amide bonds. The van der Waals surface area contributed by atoms with Crippen molar-refractivity contribution in [1.29, 1.82) is 0 Å². The van der Waals surface area contributed by atoms with Crippen molar-refractivity contribution in [3.63, 3.8) is 0 Å². The van der Waals surface area contributed by atoms with E-state index in [2.05, 4.69) is 10.1 Å². The first-order valence-electron chi connectivity index (χ1n) is 6.75. The predicted octanol–water partition coefficient (Wildman–Crippen LogP) is 3.17. The lowest BCUT2D eigenvalue weighted by Gasteiger charge is -2.14. The number of halogens is 1. The summed E-state index contributed by atoms with van der Waals surface area (Å²) in [7, 11) is 0. The zero-order valence-corrected chi connectivity index (χ0v) is 11.8. The first-order chi connectivity index (χ1) is 9.76. The van der Waals surface area contributed by atoms with Crippen molar-refractivity contribution in [3.05, 3.63) is 29.1 Å². The van der Waals surface area contributed by atoms with E-state index >= 15 is 0 Å². The van der Waals surface area contributed by atoms with Gasteiger partial charge in [-0.3, -0.25) is 0 Å². The minimum Gasteiger partial charge on any atom is -0.489 e. The third kappa shape index (κ3) is 2.78. The monoisotopic (exact) mass is 293 g/mol. The van der Waals surface area contributed by atoms with Crippen LogP contribution in [-0.4, -0.2) is 16.2 Å². The Morgan fingerprint density at radius 3 is 2.80 bits per heavy atom. The molecule has 1 aromatic carbocycles. The number of nitrogens with zero attached hydrogens (tertiary/aromatic N) is 2. The Kier molecular flexibility index (Phi) is 3.89. The Bertz CT molecular complexity index is 594. The van der Waals surface area contributed by atoms with E-state index in [1.54, 1.807) is 6.07 Å². The second-order valence-electron chi connectivity index (χ2n) is 4.89. The van der Waals surface area contributed by atoms with E-state index < -0.39 is 0 Å². The van der Waals surface area contributed by atoms with E-state index in [0.29, 0.717) is 22.5 Å². The van der Waals surface area contributed by atoms with Gasteiger partial charge in [-0.15, -0.1) is 0 Å². The van der Waals surface area contributed by atoms with Gasteiger partial charge in [0.25, 0.3) is 0 Å². The van der Waals surface area contributed by atoms with Gasteiger partial charge in [-0.2, -0.15) is 4.98 Å². The molecule has 6 heteroatoms. The largest absolute Gasteiger partial charge is 0.489 e. The normalized spacial score (nSPS) is 15.7. The van der Waals surface area contributed by atoms with Crippen LogP contribution in [0.4, 0.5) is 0 Å². The molecule has 2 N–H and O–H groups in total. The molecule has 5 nitrogen and oxygen atoms in total. The molecule has 0 bridgehead atoms. The van der Waals surface area contributed by atoms with Crippen LogP contribution in [0.5, 0.6) is 5.75 Å². The maximum atomic E-state index is 6.26. The van der Waals surface area contributed by atoms with Gasteiger partial charge in [0, 0.05) is 5.56 Å². The van der Waals surface area contributed by atoms with E-state index in [-0.39, 0.29) is 12.6 Å². The first-order valence-corrected chi connectivity index (χ1v) is 7.13. The molecule has 0 unspecified atom stereocenters. The molecule has 1 aliphatic carbocycles. The molecule has 1 aliphatic rings. The third-order valence-corrected chi connectivity index (χ3v) is 3.72. The van der Waals surface area contributed by atoms with Crippen LogP contribution < -0.4 is 10.5 Å². The van der Waals surface area contributed by atoms with Crippen LogP contribution in [0.25, 0.3) is 11.4 Å². The highest BCUT2D eigenvalue weighted by molar-refractivity contribution is 6.32. The summed E-state index contributed by atoms with van der Waals surface area (Å²) in [5.74, 6) is 1.60. The van der Waals surface area contributed by atoms with Gasteiger partial charge in [-0.25, -0.2) is 0 Å². The standard InChI is InChI=1S/C14H16ClN3O2/c15-11-7-9(14-17-13(8-16)20-18-14)5-6-12(11)19-10-3-1-2-4-10/h5-7,10H,1-4,8,16H2. The predicted molar refractivity (Wildman–Crippen MR) is 75.5 cm³/mol. The van der Waals surface area contributed by atoms with Gasteiger partial charge < -0.3 is 15.0 Å². The Balaban J connectivity index is 1.79. The maximum absolute atomic E-state index is 6.26. The Morgan fingerprint density at radius 2 is 2.15 bits per heavy atom. The number of hydrogen-bond donors (Lipinski definition) is 1. The number of nitrogens with two attached hydrogens (primary N) is 1. The van der Waals surface area contributed by atoms with Gasteiger partial charge in [-0.1, -0.05) is 16.8 Å². The topological polar surface area (TPSA) is 74.2 Å². The number of rotatable bonds is 4. The summed E-state index contributed by atoms with van der Waals surface area (Å²) in [6, 6.07) is 5.52. The summed E-state index contributed by atoms with van der Waals surface area (Å²) in [5, 5.41) is 4.43. The van der Waals surface area contributed by atoms with Crippen molar-refractivity contribution in [3.8, 4) is 17.1 Å². The molecule has 1 saturated carbocycles. The van der Waals surface area contributed by atoms with Crippen molar-refractivity contribution < 1.29 is 9.26 Å². The van der Waals surface area contributed by atoms with Gasteiger partial charge in [0.15, 0.2) is 0 Å². The fourth-order valence-electron chi connectivity index (χ4n) is 2.38. The molecule has 0 aliphatic heterocycles. The molecule has 106 valence electrons. The van der Waals surface area contributed by atoms with Gasteiger partial charge in [0.2, 0.25) is 11.7 Å². The highest BCUT2D eigenvalue weighted by Gasteiger charge is 2.18. The number of benzene rings is 1. The zero-order valence-electron chi connectivity index (χ0n) is 11.0. The lowest BCUT2D eigenvalue weighted by molar-refractivity contribution is 0.210. The van der Waals surface area contributed by atoms with Gasteiger partial charge in [-0.05, 0) is 43.9 Å². The molecule has 1 aromatic heterocycles. The molecular weight excluding hydrogens is 278 g/mol. The summed E-state index contributed by atoms with van der Waals surface area (Å²) in [6.45, 7) is 0.226. The zero-order chi connectivity index (χ0) is 13.9. The van der Waals surface area contributed by atoms with Crippen LogP contribution in [0.1, 0.15) is 31.6 Å². The quantitative estimate of drug-likeness (QED) is 0.937. The van der Waals surface area contributed by atoms with Crippen LogP contribution in [-0.2, 0) is 6.54 Å². The van der Waals surface area contributed by atoms with E-state index in [1.807, 2.05) is 12.1 Å². The van der Waals surface area contributed by atoms with Crippen LogP contribution in [0.15, 0.2) is 22.7 Å². The van der Waals surface area contributed by atoms with Gasteiger partial charge in [0.05, 0.1) is 17.7 Å². The number of hydrogen-bond acceptors (Lipinski definition) is 5. The van der Waals surface area contributed by atoms with E-state index in [9.17, 15) is 0 Å². The Labute approximate surface area is 122 Å². The maximum Gasteiger partial charge on any atom is 0.240 e. The molecule has 0 spiro atoms. The van der Waals surface area contributed by atoms with Crippen LogP contribution >= 0.6 is 11.6 Å². The first kappa shape index (κ1) is 13.4. The molecule has 2 aromatic rings. The second kappa shape index (κ2) is 5.81. The van der Waals surface area contributed by atoms with Crippen molar-refractivity contribution >= 4 is 11.6 Å². The number of ether oxygens (including phenoxy) is 1. The average molecular weight is 294 g/mol. The summed E-state index contributed by atoms with van der Waals surface area (Å²) >= 11 is 6.26. The molecule has 0 saturated heterocycles. The molecule has 0 radical (unpaired) electrons. The minimum atomic E-state index is 0.226. The summed E-state index contributed by atoms with van der Waals surface area (Å²) in [5.41, 5.74) is 6.23. The average Bonchev–Trinajstić information content (AvgIpc) is 3.12. The van der Waals surface area contributed by atoms with E-state index in [1.165, 1.54) is 12.8 Å². The number of aromatic nitrogens is 2. The van der Waals surface area contributed by atoms with E-state index in [0.717, 1.165) is 18.4 Å². The molecule has 1 fully saturated rings. The summed E-state index contributed by atoms with van der Waals surface area (Å²) in [6.07, 6.45) is 4.94. The van der Waals surface area contributed by atoms with Gasteiger partial charge in [0.1, 0.15) is 5.75 Å².